The normalized spacial score (nSPS) is 18.8. The van der Waals surface area contributed by atoms with Gasteiger partial charge in [-0.25, -0.2) is 23.1 Å². The number of halogens is 3. The van der Waals surface area contributed by atoms with Crippen LogP contribution in [-0.4, -0.2) is 67.4 Å². The van der Waals surface area contributed by atoms with Crippen molar-refractivity contribution in [2.45, 2.75) is 38.0 Å². The molecule has 0 spiro atoms. The standard InChI is InChI=1S/C32H31F3N6O3/c1-39-29-25(7-18(9-28(29)44-2)32(43)40-14-19(33)10-20(36)15-40)38-31(39)26-8-17-5-6-24(21-11-23(35)27(42)12-22(21)34)37-30(17)41(26)13-16-3-4-16/h5-9,11-12,16,19-20,42H,3-4,10,13-15,36H2,1-2H3/t19-,20-/m1/s1. The molecule has 0 radical (unpaired) electrons. The first-order chi connectivity index (χ1) is 21.1. The molecule has 0 unspecified atom stereocenters. The first-order valence-electron chi connectivity index (χ1n) is 14.5. The Balaban J connectivity index is 1.35. The van der Waals surface area contributed by atoms with Crippen LogP contribution < -0.4 is 10.5 Å². The first-order valence-corrected chi connectivity index (χ1v) is 14.5. The number of aromatic hydroxyl groups is 1. The quantitative estimate of drug-likeness (QED) is 0.277. The van der Waals surface area contributed by atoms with Gasteiger partial charge in [0.15, 0.2) is 17.4 Å². The lowest BCUT2D eigenvalue weighted by atomic mass is 10.0. The van der Waals surface area contributed by atoms with Crippen LogP contribution in [0.1, 0.15) is 29.6 Å². The van der Waals surface area contributed by atoms with Gasteiger partial charge in [0.1, 0.15) is 28.9 Å². The molecule has 3 N–H and O–H groups in total. The fraction of sp³-hybridized carbons (Fsp3) is 0.344. The molecular weight excluding hydrogens is 573 g/mol. The Kier molecular flexibility index (Phi) is 6.76. The van der Waals surface area contributed by atoms with Crippen LogP contribution in [0.4, 0.5) is 13.2 Å². The molecular formula is C32H31F3N6O3. The number of piperidine rings is 1. The predicted molar refractivity (Wildman–Crippen MR) is 159 cm³/mol. The number of rotatable bonds is 6. The van der Waals surface area contributed by atoms with Gasteiger partial charge < -0.3 is 29.6 Å². The van der Waals surface area contributed by atoms with E-state index < -0.39 is 29.6 Å². The van der Waals surface area contributed by atoms with Crippen molar-refractivity contribution in [3.8, 4) is 34.3 Å². The molecule has 2 aliphatic rings. The number of nitrogens with zero attached hydrogens (tertiary/aromatic N) is 5. The Morgan fingerprint density at radius 2 is 1.89 bits per heavy atom. The van der Waals surface area contributed by atoms with Crippen LogP contribution in [0.3, 0.4) is 0 Å². The summed E-state index contributed by atoms with van der Waals surface area (Å²) in [5.74, 6) is -1.32. The molecule has 1 saturated heterocycles. The molecule has 4 heterocycles. The lowest BCUT2D eigenvalue weighted by Crippen LogP contribution is -2.50. The minimum atomic E-state index is -1.18. The molecule has 2 aromatic carbocycles. The largest absolute Gasteiger partial charge is 0.505 e. The maximum absolute atomic E-state index is 14.7. The van der Waals surface area contributed by atoms with Gasteiger partial charge in [-0.15, -0.1) is 0 Å². The minimum Gasteiger partial charge on any atom is -0.505 e. The SMILES string of the molecule is COc1cc(C(=O)N2C[C@H](N)C[C@@H](F)C2)cc2nc(-c3cc4ccc(-c5cc(F)c(O)cc5F)nc4n3CC3CC3)n(C)c12. The monoisotopic (exact) mass is 604 g/mol. The van der Waals surface area contributed by atoms with E-state index in [1.165, 1.54) is 12.0 Å². The Labute approximate surface area is 250 Å². The maximum Gasteiger partial charge on any atom is 0.254 e. The average molecular weight is 605 g/mol. The molecule has 9 nitrogen and oxygen atoms in total. The van der Waals surface area contributed by atoms with Gasteiger partial charge in [0.25, 0.3) is 5.91 Å². The molecule has 1 aliphatic carbocycles. The van der Waals surface area contributed by atoms with Gasteiger partial charge in [-0.2, -0.15) is 0 Å². The zero-order chi connectivity index (χ0) is 30.9. The van der Waals surface area contributed by atoms with Gasteiger partial charge in [-0.05, 0) is 61.6 Å². The molecule has 5 aromatic rings. The van der Waals surface area contributed by atoms with E-state index >= 15 is 0 Å². The van der Waals surface area contributed by atoms with Crippen molar-refractivity contribution in [3.63, 3.8) is 0 Å². The van der Waals surface area contributed by atoms with Crippen LogP contribution in [-0.2, 0) is 13.6 Å². The van der Waals surface area contributed by atoms with Gasteiger partial charge >= 0.3 is 0 Å². The Bertz CT molecular complexity index is 1940. The van der Waals surface area contributed by atoms with Gasteiger partial charge in [-0.3, -0.25) is 4.79 Å². The molecule has 12 heteroatoms. The van der Waals surface area contributed by atoms with Crippen molar-refractivity contribution < 1.29 is 27.8 Å². The average Bonchev–Trinajstić information content (AvgIpc) is 3.66. The van der Waals surface area contributed by atoms with Crippen LogP contribution in [0.2, 0.25) is 0 Å². The fourth-order valence-corrected chi connectivity index (χ4v) is 6.18. The molecule has 2 atom stereocenters. The third-order valence-electron chi connectivity index (χ3n) is 8.54. The third kappa shape index (κ3) is 4.83. The van der Waals surface area contributed by atoms with Crippen molar-refractivity contribution in [1.29, 1.82) is 0 Å². The summed E-state index contributed by atoms with van der Waals surface area (Å²) >= 11 is 0. The number of phenols is 1. The van der Waals surface area contributed by atoms with Gasteiger partial charge in [0.05, 0.1) is 30.6 Å². The Morgan fingerprint density at radius 1 is 1.09 bits per heavy atom. The van der Waals surface area contributed by atoms with Crippen molar-refractivity contribution in [2.24, 2.45) is 18.7 Å². The Hall–Kier alpha value is -4.58. The third-order valence-corrected chi connectivity index (χ3v) is 8.54. The number of hydrogen-bond donors (Lipinski definition) is 2. The molecule has 228 valence electrons. The number of methoxy groups -OCH3 is 1. The number of aromatic nitrogens is 4. The number of ether oxygens (including phenoxy) is 1. The highest BCUT2D eigenvalue weighted by Gasteiger charge is 2.31. The zero-order valence-electron chi connectivity index (χ0n) is 24.2. The fourth-order valence-electron chi connectivity index (χ4n) is 6.18. The number of imidazole rings is 1. The van der Waals surface area contributed by atoms with Crippen molar-refractivity contribution in [3.05, 3.63) is 59.7 Å². The van der Waals surface area contributed by atoms with E-state index in [0.717, 1.165) is 36.1 Å². The van der Waals surface area contributed by atoms with E-state index in [1.54, 1.807) is 24.3 Å². The molecule has 7 rings (SSSR count). The number of aryl methyl sites for hydroxylation is 1. The second-order valence-electron chi connectivity index (χ2n) is 11.8. The number of fused-ring (bicyclic) bond motifs is 2. The molecule has 0 bridgehead atoms. The smallest absolute Gasteiger partial charge is 0.254 e. The van der Waals surface area contributed by atoms with Crippen molar-refractivity contribution in [2.75, 3.05) is 20.2 Å². The van der Waals surface area contributed by atoms with Crippen LogP contribution in [0.25, 0.3) is 44.8 Å². The van der Waals surface area contributed by atoms with E-state index in [4.69, 9.17) is 20.4 Å². The summed E-state index contributed by atoms with van der Waals surface area (Å²) in [4.78, 5) is 24.5. The number of likely N-dealkylation sites (tertiary alicyclic amines) is 1. The number of alkyl halides is 1. The number of carbonyl (C=O) groups is 1. The summed E-state index contributed by atoms with van der Waals surface area (Å²) in [5.41, 5.74) is 9.06. The van der Waals surface area contributed by atoms with Gasteiger partial charge in [0.2, 0.25) is 0 Å². The van der Waals surface area contributed by atoms with E-state index in [0.29, 0.717) is 46.3 Å². The zero-order valence-corrected chi connectivity index (χ0v) is 24.2. The Morgan fingerprint density at radius 3 is 2.61 bits per heavy atom. The number of benzene rings is 2. The highest BCUT2D eigenvalue weighted by Crippen LogP contribution is 2.38. The topological polar surface area (TPSA) is 111 Å². The molecule has 1 aliphatic heterocycles. The summed E-state index contributed by atoms with van der Waals surface area (Å²) in [6.07, 6.45) is 1.18. The summed E-state index contributed by atoms with van der Waals surface area (Å²) < 4.78 is 52.8. The number of phenolic OH excluding ortho intramolecular Hbond substituents is 1. The molecule has 1 amide bonds. The van der Waals surface area contributed by atoms with E-state index in [2.05, 4.69) is 0 Å². The lowest BCUT2D eigenvalue weighted by Gasteiger charge is -2.33. The second kappa shape index (κ2) is 10.5. The van der Waals surface area contributed by atoms with Crippen LogP contribution in [0.15, 0.2) is 42.5 Å². The number of hydrogen-bond acceptors (Lipinski definition) is 6. The number of nitrogens with two attached hydrogens (primary N) is 1. The van der Waals surface area contributed by atoms with E-state index in [9.17, 15) is 23.1 Å². The number of amides is 1. The second-order valence-corrected chi connectivity index (χ2v) is 11.8. The summed E-state index contributed by atoms with van der Waals surface area (Å²) in [6, 6.07) is 9.96. The number of carbonyl (C=O) groups excluding carboxylic acids is 1. The van der Waals surface area contributed by atoms with Crippen molar-refractivity contribution >= 4 is 28.0 Å². The first kappa shape index (κ1) is 28.2. The summed E-state index contributed by atoms with van der Waals surface area (Å²) in [5, 5.41) is 10.4. The highest BCUT2D eigenvalue weighted by atomic mass is 19.1. The lowest BCUT2D eigenvalue weighted by molar-refractivity contribution is 0.0606. The maximum atomic E-state index is 14.7. The summed E-state index contributed by atoms with van der Waals surface area (Å²) in [7, 11) is 3.38. The van der Waals surface area contributed by atoms with Gasteiger partial charge in [0, 0.05) is 48.8 Å². The number of pyridine rings is 1. The van der Waals surface area contributed by atoms with Crippen molar-refractivity contribution in [1.82, 2.24) is 24.0 Å². The molecule has 44 heavy (non-hydrogen) atoms. The van der Waals surface area contributed by atoms with Crippen LogP contribution in [0, 0.1) is 17.6 Å². The summed E-state index contributed by atoms with van der Waals surface area (Å²) in [6.45, 7) is 0.909. The van der Waals surface area contributed by atoms with E-state index in [1.807, 2.05) is 22.2 Å². The molecule has 1 saturated carbocycles. The minimum absolute atomic E-state index is 0.0166. The molecule has 3 aromatic heterocycles. The van der Waals surface area contributed by atoms with Gasteiger partial charge in [-0.1, -0.05) is 0 Å². The van der Waals surface area contributed by atoms with Crippen LogP contribution >= 0.6 is 0 Å². The predicted octanol–water partition coefficient (Wildman–Crippen LogP) is 5.17. The molecule has 2 fully saturated rings. The highest BCUT2D eigenvalue weighted by molar-refractivity contribution is 6.00. The van der Waals surface area contributed by atoms with Crippen LogP contribution in [0.5, 0.6) is 11.5 Å². The van der Waals surface area contributed by atoms with E-state index in [-0.39, 0.29) is 36.7 Å².